The van der Waals surface area contributed by atoms with Crippen LogP contribution in [-0.4, -0.2) is 0 Å². The molecule has 118 valence electrons. The molecular formula is C20H24F2. The summed E-state index contributed by atoms with van der Waals surface area (Å²) in [7, 11) is 0. The van der Waals surface area contributed by atoms with E-state index in [9.17, 15) is 8.78 Å². The van der Waals surface area contributed by atoms with Crippen molar-refractivity contribution >= 4 is 5.57 Å². The zero-order chi connectivity index (χ0) is 16.1. The molecular weight excluding hydrogens is 278 g/mol. The Morgan fingerprint density at radius 1 is 1.09 bits per heavy atom. The van der Waals surface area contributed by atoms with E-state index in [1.54, 1.807) is 6.08 Å². The molecule has 0 nitrogen and oxygen atoms in total. The van der Waals surface area contributed by atoms with Crippen LogP contribution in [0.15, 0.2) is 54.7 Å². The maximum atomic E-state index is 13.4. The van der Waals surface area contributed by atoms with Crippen molar-refractivity contribution in [1.29, 1.82) is 0 Å². The summed E-state index contributed by atoms with van der Waals surface area (Å²) in [5, 5.41) is 0. The smallest absolute Gasteiger partial charge is 0.158 e. The molecule has 0 atom stereocenters. The van der Waals surface area contributed by atoms with E-state index < -0.39 is 11.7 Å². The second kappa shape index (κ2) is 7.53. The minimum atomic E-state index is -1.03. The molecule has 0 aromatic heterocycles. The molecule has 1 aromatic rings. The van der Waals surface area contributed by atoms with Gasteiger partial charge in [-0.25, -0.2) is 8.78 Å². The van der Waals surface area contributed by atoms with Crippen LogP contribution in [0.3, 0.4) is 0 Å². The molecule has 0 bridgehead atoms. The van der Waals surface area contributed by atoms with Crippen molar-refractivity contribution in [2.45, 2.75) is 45.4 Å². The highest BCUT2D eigenvalue weighted by Gasteiger charge is 2.19. The fraction of sp³-hybridized carbons (Fsp3) is 0.400. The summed E-state index contributed by atoms with van der Waals surface area (Å²) in [5.41, 5.74) is 2.91. The zero-order valence-electron chi connectivity index (χ0n) is 13.4. The molecule has 0 unspecified atom stereocenters. The average molecular weight is 302 g/mol. The fourth-order valence-electron chi connectivity index (χ4n) is 3.09. The Hall–Kier alpha value is -1.70. The van der Waals surface area contributed by atoms with Gasteiger partial charge in [0.2, 0.25) is 0 Å². The number of hydrogen-bond donors (Lipinski definition) is 0. The summed E-state index contributed by atoms with van der Waals surface area (Å²) in [6.07, 6.45) is 8.04. The van der Waals surface area contributed by atoms with Crippen LogP contribution in [0.5, 0.6) is 0 Å². The third kappa shape index (κ3) is 4.16. The van der Waals surface area contributed by atoms with Gasteiger partial charge in [-0.3, -0.25) is 0 Å². The first-order chi connectivity index (χ1) is 10.5. The van der Waals surface area contributed by atoms with Crippen LogP contribution >= 0.6 is 0 Å². The summed E-state index contributed by atoms with van der Waals surface area (Å²) in [5.74, 6) is -0.477. The lowest BCUT2D eigenvalue weighted by Gasteiger charge is -2.26. The summed E-state index contributed by atoms with van der Waals surface area (Å²) >= 11 is 0. The van der Waals surface area contributed by atoms with Gasteiger partial charge in [-0.1, -0.05) is 56.7 Å². The highest BCUT2D eigenvalue weighted by molar-refractivity contribution is 5.74. The van der Waals surface area contributed by atoms with Crippen LogP contribution in [0.1, 0.15) is 56.6 Å². The van der Waals surface area contributed by atoms with Gasteiger partial charge in [-0.15, -0.1) is 0 Å². The maximum Gasteiger partial charge on any atom is 0.158 e. The molecule has 0 spiro atoms. The molecule has 2 heteroatoms. The molecule has 1 aromatic carbocycles. The Bertz CT molecular complexity index is 570. The number of rotatable bonds is 4. The normalized spacial score (nSPS) is 23.5. The highest BCUT2D eigenvalue weighted by atomic mass is 19.2. The third-order valence-corrected chi connectivity index (χ3v) is 4.58. The highest BCUT2D eigenvalue weighted by Crippen LogP contribution is 2.36. The molecule has 0 aliphatic heterocycles. The number of benzene rings is 1. The first-order valence-corrected chi connectivity index (χ1v) is 8.00. The van der Waals surface area contributed by atoms with Crippen molar-refractivity contribution in [3.05, 3.63) is 65.8 Å². The minimum absolute atomic E-state index is 0.636. The quantitative estimate of drug-likeness (QED) is 0.541. The number of hydrogen-bond acceptors (Lipinski definition) is 0. The monoisotopic (exact) mass is 302 g/mol. The van der Waals surface area contributed by atoms with Gasteiger partial charge in [0.25, 0.3) is 0 Å². The first kappa shape index (κ1) is 16.7. The minimum Gasteiger partial charge on any atom is -0.204 e. The molecule has 0 radical (unpaired) electrons. The van der Waals surface area contributed by atoms with Gasteiger partial charge in [0.15, 0.2) is 11.7 Å². The number of halogens is 2. The predicted octanol–water partition coefficient (Wildman–Crippen LogP) is 6.72. The molecule has 0 heterocycles. The first-order valence-electron chi connectivity index (χ1n) is 8.00. The fourth-order valence-corrected chi connectivity index (χ4v) is 3.09. The molecule has 22 heavy (non-hydrogen) atoms. The van der Waals surface area contributed by atoms with E-state index in [1.807, 2.05) is 19.1 Å². The van der Waals surface area contributed by atoms with Gasteiger partial charge >= 0.3 is 0 Å². The Labute approximate surface area is 132 Å². The van der Waals surface area contributed by atoms with Gasteiger partial charge in [0.05, 0.1) is 0 Å². The summed E-state index contributed by atoms with van der Waals surface area (Å²) in [4.78, 5) is 0. The van der Waals surface area contributed by atoms with Crippen LogP contribution < -0.4 is 0 Å². The lowest BCUT2D eigenvalue weighted by atomic mass is 9.79. The molecule has 1 aliphatic rings. The van der Waals surface area contributed by atoms with Crippen molar-refractivity contribution in [3.8, 4) is 0 Å². The van der Waals surface area contributed by atoms with Crippen molar-refractivity contribution in [2.75, 3.05) is 0 Å². The van der Waals surface area contributed by atoms with Gasteiger partial charge in [-0.05, 0) is 54.4 Å². The Morgan fingerprint density at radius 3 is 2.18 bits per heavy atom. The van der Waals surface area contributed by atoms with E-state index in [0.29, 0.717) is 11.5 Å². The van der Waals surface area contributed by atoms with E-state index in [1.165, 1.54) is 37.3 Å². The van der Waals surface area contributed by atoms with Crippen LogP contribution in [-0.2, 0) is 0 Å². The lowest BCUT2D eigenvalue weighted by molar-refractivity contribution is 0.348. The Morgan fingerprint density at radius 2 is 1.68 bits per heavy atom. The molecule has 0 amide bonds. The zero-order valence-corrected chi connectivity index (χ0v) is 13.4. The molecule has 1 saturated carbocycles. The second-order valence-corrected chi connectivity index (χ2v) is 6.22. The summed E-state index contributed by atoms with van der Waals surface area (Å²) in [6, 6.07) is 8.23. The number of allylic oxidation sites excluding steroid dienone is 5. The predicted molar refractivity (Wildman–Crippen MR) is 89.9 cm³/mol. The van der Waals surface area contributed by atoms with Crippen molar-refractivity contribution < 1.29 is 8.78 Å². The molecule has 0 saturated heterocycles. The topological polar surface area (TPSA) is 0 Å². The van der Waals surface area contributed by atoms with Crippen LogP contribution in [0.2, 0.25) is 0 Å². The SMILES string of the molecule is C=C(F)/C(F)=C\C(=C/C)c1ccc(C2CCC(C)CC2)cc1. The average Bonchev–Trinajstić information content (AvgIpc) is 2.53. The van der Waals surface area contributed by atoms with Gasteiger partial charge < -0.3 is 0 Å². The summed E-state index contributed by atoms with van der Waals surface area (Å²) < 4.78 is 26.2. The molecule has 1 aliphatic carbocycles. The van der Waals surface area contributed by atoms with Gasteiger partial charge in [-0.2, -0.15) is 0 Å². The Kier molecular flexibility index (Phi) is 5.70. The van der Waals surface area contributed by atoms with E-state index in [-0.39, 0.29) is 0 Å². The van der Waals surface area contributed by atoms with Gasteiger partial charge in [0.1, 0.15) is 0 Å². The van der Waals surface area contributed by atoms with E-state index in [0.717, 1.165) is 11.5 Å². The molecule has 0 N–H and O–H groups in total. The third-order valence-electron chi connectivity index (χ3n) is 4.58. The molecule has 2 rings (SSSR count). The van der Waals surface area contributed by atoms with Crippen LogP contribution in [0, 0.1) is 5.92 Å². The van der Waals surface area contributed by atoms with Gasteiger partial charge in [0, 0.05) is 0 Å². The summed E-state index contributed by atoms with van der Waals surface area (Å²) in [6.45, 7) is 7.11. The van der Waals surface area contributed by atoms with Crippen molar-refractivity contribution in [2.24, 2.45) is 5.92 Å². The standard InChI is InChI=1S/C20H24F2/c1-4-16(13-20(22)15(3)21)17-9-11-19(12-10-17)18-7-5-14(2)6-8-18/h4,9-14,18H,3,5-8H2,1-2H3/b16-4+,20-13+. The van der Waals surface area contributed by atoms with Crippen LogP contribution in [0.25, 0.3) is 5.57 Å². The maximum absolute atomic E-state index is 13.4. The van der Waals surface area contributed by atoms with E-state index in [4.69, 9.17) is 0 Å². The largest absolute Gasteiger partial charge is 0.204 e. The Balaban J connectivity index is 2.14. The van der Waals surface area contributed by atoms with Crippen LogP contribution in [0.4, 0.5) is 8.78 Å². The lowest BCUT2D eigenvalue weighted by Crippen LogP contribution is -2.10. The molecule has 1 fully saturated rings. The second-order valence-electron chi connectivity index (χ2n) is 6.22. The van der Waals surface area contributed by atoms with Crippen molar-refractivity contribution in [3.63, 3.8) is 0 Å². The van der Waals surface area contributed by atoms with E-state index in [2.05, 4.69) is 25.6 Å². The van der Waals surface area contributed by atoms with Crippen molar-refractivity contribution in [1.82, 2.24) is 0 Å². The van der Waals surface area contributed by atoms with E-state index >= 15 is 0 Å².